The van der Waals surface area contributed by atoms with E-state index in [4.69, 9.17) is 0 Å². The summed E-state index contributed by atoms with van der Waals surface area (Å²) in [5, 5.41) is 2.03. The first-order chi connectivity index (χ1) is 3.89. The smallest absolute Gasteiger partial charge is 0.0698 e. The Morgan fingerprint density at radius 1 is 1.50 bits per heavy atom. The van der Waals surface area contributed by atoms with Crippen LogP contribution in [0.25, 0.3) is 0 Å². The molecule has 0 atom stereocenters. The van der Waals surface area contributed by atoms with Crippen molar-refractivity contribution in [3.63, 3.8) is 0 Å². The van der Waals surface area contributed by atoms with E-state index in [2.05, 4.69) is 53.2 Å². The van der Waals surface area contributed by atoms with Crippen LogP contribution < -0.4 is 0 Å². The molecule has 0 aromatic carbocycles. The molecular formula is C4H3BrI2S. The molecule has 1 aromatic rings. The average Bonchev–Trinajstić information content (AvgIpc) is 2.24. The van der Waals surface area contributed by atoms with Crippen LogP contribution in [-0.4, -0.2) is 0 Å². The zero-order valence-electron chi connectivity index (χ0n) is 3.77. The highest BCUT2D eigenvalue weighted by Gasteiger charge is 1.77. The molecule has 4 heteroatoms. The van der Waals surface area contributed by atoms with E-state index in [1.54, 1.807) is 11.3 Å². The van der Waals surface area contributed by atoms with E-state index in [9.17, 15) is 0 Å². The lowest BCUT2D eigenvalue weighted by atomic mass is 10.7. The molecule has 0 amide bonds. The van der Waals surface area contributed by atoms with Crippen molar-refractivity contribution < 1.29 is 0 Å². The summed E-state index contributed by atoms with van der Waals surface area (Å²) in [6, 6.07) is 4.03. The van der Waals surface area contributed by atoms with Crippen molar-refractivity contribution in [2.75, 3.05) is 0 Å². The van der Waals surface area contributed by atoms with E-state index in [1.165, 1.54) is 3.79 Å². The maximum Gasteiger partial charge on any atom is 0.0698 e. The van der Waals surface area contributed by atoms with Crippen LogP contribution >= 0.6 is 64.5 Å². The van der Waals surface area contributed by atoms with Crippen LogP contribution in [-0.2, 0) is 0 Å². The summed E-state index contributed by atoms with van der Waals surface area (Å²) in [7, 11) is 0. The van der Waals surface area contributed by atoms with Crippen molar-refractivity contribution in [2.24, 2.45) is 0 Å². The molecule has 1 rings (SSSR count). The molecule has 0 fully saturated rings. The summed E-state index contributed by atoms with van der Waals surface area (Å²) in [5.74, 6) is 0. The Morgan fingerprint density at radius 2 is 2.12 bits per heavy atom. The van der Waals surface area contributed by atoms with Crippen LogP contribution in [0.1, 0.15) is 0 Å². The van der Waals surface area contributed by atoms with Crippen molar-refractivity contribution in [1.29, 1.82) is 0 Å². The van der Waals surface area contributed by atoms with Crippen molar-refractivity contribution in [2.45, 2.75) is 0 Å². The quantitative estimate of drug-likeness (QED) is 0.554. The molecule has 0 N–H and O–H groups in total. The van der Waals surface area contributed by atoms with Gasteiger partial charge in [-0.3, -0.25) is 0 Å². The normalized spacial score (nSPS) is 7.38. The minimum absolute atomic E-state index is 1.20. The lowest BCUT2D eigenvalue weighted by Gasteiger charge is -1.62. The molecule has 0 radical (unpaired) electrons. The van der Waals surface area contributed by atoms with Crippen LogP contribution in [0.3, 0.4) is 0 Å². The average molecular weight is 417 g/mol. The van der Waals surface area contributed by atoms with E-state index in [0.29, 0.717) is 0 Å². The zero-order valence-corrected chi connectivity index (χ0v) is 10.5. The number of hydrogen-bond acceptors (Lipinski definition) is 1. The largest absolute Gasteiger partial charge is 0.137 e. The Balaban J connectivity index is 0.000000222. The lowest BCUT2D eigenvalue weighted by molar-refractivity contribution is 1.97. The predicted molar refractivity (Wildman–Crippen MR) is 60.1 cm³/mol. The number of halogens is 3. The minimum Gasteiger partial charge on any atom is -0.137 e. The Bertz CT molecular complexity index is 118. The molecule has 0 spiro atoms. The highest BCUT2D eigenvalue weighted by molar-refractivity contribution is 15.0. The van der Waals surface area contributed by atoms with Gasteiger partial charge in [-0.1, -0.05) is 6.07 Å². The molecule has 1 aromatic heterocycles. The SMILES string of the molecule is Brc1cccs1.II. The third kappa shape index (κ3) is 4.51. The summed E-state index contributed by atoms with van der Waals surface area (Å²) in [4.78, 5) is 0. The summed E-state index contributed by atoms with van der Waals surface area (Å²) in [6.45, 7) is 0. The van der Waals surface area contributed by atoms with Gasteiger partial charge >= 0.3 is 0 Å². The third-order valence-electron chi connectivity index (χ3n) is 0.486. The molecular weight excluding hydrogens is 414 g/mol. The Labute approximate surface area is 84.5 Å². The highest BCUT2D eigenvalue weighted by atomic mass is 128. The van der Waals surface area contributed by atoms with Crippen LogP contribution in [0.15, 0.2) is 21.3 Å². The number of rotatable bonds is 0. The zero-order chi connectivity index (χ0) is 6.41. The van der Waals surface area contributed by atoms with E-state index >= 15 is 0 Å². The van der Waals surface area contributed by atoms with Gasteiger partial charge < -0.3 is 0 Å². The van der Waals surface area contributed by atoms with E-state index in [0.717, 1.165) is 0 Å². The topological polar surface area (TPSA) is 0 Å². The van der Waals surface area contributed by atoms with Gasteiger partial charge in [0.15, 0.2) is 0 Å². The summed E-state index contributed by atoms with van der Waals surface area (Å²) in [6.07, 6.45) is 0. The van der Waals surface area contributed by atoms with Gasteiger partial charge in [0, 0.05) is 37.2 Å². The maximum atomic E-state index is 3.30. The second-order valence-electron chi connectivity index (χ2n) is 0.917. The van der Waals surface area contributed by atoms with Crippen LogP contribution in [0.2, 0.25) is 0 Å². The molecule has 0 aliphatic heterocycles. The van der Waals surface area contributed by atoms with Gasteiger partial charge in [0.2, 0.25) is 0 Å². The molecule has 0 aliphatic rings. The first-order valence-corrected chi connectivity index (χ1v) is 9.69. The molecule has 0 saturated heterocycles. The summed E-state index contributed by atoms with van der Waals surface area (Å²) < 4.78 is 1.20. The fourth-order valence-electron chi connectivity index (χ4n) is 0.259. The Morgan fingerprint density at radius 3 is 2.25 bits per heavy atom. The maximum absolute atomic E-state index is 3.30. The van der Waals surface area contributed by atoms with Gasteiger partial charge in [0.05, 0.1) is 3.79 Å². The number of hydrogen-bond donors (Lipinski definition) is 0. The molecule has 46 valence electrons. The van der Waals surface area contributed by atoms with Crippen molar-refractivity contribution >= 4 is 64.5 Å². The summed E-state index contributed by atoms with van der Waals surface area (Å²) in [5.41, 5.74) is 0. The van der Waals surface area contributed by atoms with Crippen molar-refractivity contribution in [1.82, 2.24) is 0 Å². The van der Waals surface area contributed by atoms with E-state index in [-0.39, 0.29) is 0 Å². The van der Waals surface area contributed by atoms with E-state index in [1.807, 2.05) is 17.5 Å². The first kappa shape index (κ1) is 9.64. The van der Waals surface area contributed by atoms with Crippen molar-refractivity contribution in [3.8, 4) is 0 Å². The third-order valence-corrected chi connectivity index (χ3v) is 1.97. The molecule has 0 bridgehead atoms. The fourth-order valence-corrected chi connectivity index (χ4v) is 1.18. The summed E-state index contributed by atoms with van der Waals surface area (Å²) >= 11 is 9.23. The standard InChI is InChI=1S/C4H3BrS.I2/c5-4-2-1-3-6-4;1-2/h1-3H;. The highest BCUT2D eigenvalue weighted by Crippen LogP contribution is 2.14. The molecule has 0 nitrogen and oxygen atoms in total. The monoisotopic (exact) mass is 416 g/mol. The van der Waals surface area contributed by atoms with Crippen LogP contribution in [0.5, 0.6) is 0 Å². The van der Waals surface area contributed by atoms with Gasteiger partial charge in [-0.05, 0) is 27.4 Å². The second-order valence-corrected chi connectivity index (χ2v) is 3.24. The van der Waals surface area contributed by atoms with Gasteiger partial charge in [0.1, 0.15) is 0 Å². The van der Waals surface area contributed by atoms with Crippen LogP contribution in [0, 0.1) is 0 Å². The van der Waals surface area contributed by atoms with Crippen molar-refractivity contribution in [3.05, 3.63) is 21.3 Å². The molecule has 0 unspecified atom stereocenters. The second kappa shape index (κ2) is 6.76. The first-order valence-electron chi connectivity index (χ1n) is 1.73. The Kier molecular flexibility index (Phi) is 8.14. The molecule has 0 saturated carbocycles. The predicted octanol–water partition coefficient (Wildman–Crippen LogP) is 4.28. The minimum atomic E-state index is 1.20. The lowest BCUT2D eigenvalue weighted by Crippen LogP contribution is -1.29. The van der Waals surface area contributed by atoms with E-state index < -0.39 is 0 Å². The van der Waals surface area contributed by atoms with Gasteiger partial charge in [-0.2, -0.15) is 0 Å². The fraction of sp³-hybridized carbons (Fsp3) is 0. The van der Waals surface area contributed by atoms with Gasteiger partial charge in [-0.15, -0.1) is 11.3 Å². The number of thiophene rings is 1. The molecule has 1 heterocycles. The Hall–Kier alpha value is 1.64. The van der Waals surface area contributed by atoms with Gasteiger partial charge in [0.25, 0.3) is 0 Å². The molecule has 8 heavy (non-hydrogen) atoms. The van der Waals surface area contributed by atoms with Crippen LogP contribution in [0.4, 0.5) is 0 Å². The molecule has 0 aliphatic carbocycles. The van der Waals surface area contributed by atoms with Gasteiger partial charge in [-0.25, -0.2) is 0 Å².